The van der Waals surface area contributed by atoms with E-state index >= 15 is 0 Å². The monoisotopic (exact) mass is 272 g/mol. The average molecular weight is 272 g/mol. The zero-order valence-electron chi connectivity index (χ0n) is 10.2. The summed E-state index contributed by atoms with van der Waals surface area (Å²) in [6.45, 7) is 0.532. The predicted molar refractivity (Wildman–Crippen MR) is 70.9 cm³/mol. The fraction of sp³-hybridized carbons (Fsp3) is 0.308. The minimum Gasteiger partial charge on any atom is -0.337 e. The van der Waals surface area contributed by atoms with Gasteiger partial charge >= 0.3 is 0 Å². The summed E-state index contributed by atoms with van der Waals surface area (Å²) in [7, 11) is 0. The van der Waals surface area contributed by atoms with Gasteiger partial charge in [-0.3, -0.25) is 4.68 Å². The van der Waals surface area contributed by atoms with Crippen LogP contribution >= 0.6 is 11.3 Å². The van der Waals surface area contributed by atoms with E-state index in [1.165, 1.54) is 12.8 Å². The molecule has 1 aliphatic rings. The lowest BCUT2D eigenvalue weighted by Gasteiger charge is -1.95. The summed E-state index contributed by atoms with van der Waals surface area (Å²) in [5.74, 6) is 2.00. The Bertz CT molecular complexity index is 681. The molecule has 4 rings (SSSR count). The molecule has 1 saturated carbocycles. The Kier molecular flexibility index (Phi) is 2.48. The first-order chi connectivity index (χ1) is 9.38. The van der Waals surface area contributed by atoms with Crippen molar-refractivity contribution in [2.24, 2.45) is 0 Å². The van der Waals surface area contributed by atoms with E-state index in [2.05, 4.69) is 26.7 Å². The smallest absolute Gasteiger partial charge is 0.248 e. The summed E-state index contributed by atoms with van der Waals surface area (Å²) in [6, 6.07) is 4.06. The van der Waals surface area contributed by atoms with Crippen LogP contribution in [0.2, 0.25) is 0 Å². The molecule has 19 heavy (non-hydrogen) atoms. The van der Waals surface area contributed by atoms with Crippen LogP contribution < -0.4 is 0 Å². The van der Waals surface area contributed by atoms with Crippen LogP contribution in [0.1, 0.15) is 30.5 Å². The molecule has 0 amide bonds. The van der Waals surface area contributed by atoms with E-state index in [-0.39, 0.29) is 0 Å². The maximum Gasteiger partial charge on any atom is 0.248 e. The van der Waals surface area contributed by atoms with Crippen molar-refractivity contribution < 1.29 is 4.52 Å². The second-order valence-electron chi connectivity index (χ2n) is 4.73. The Balaban J connectivity index is 1.52. The number of thiophene rings is 1. The molecule has 0 aromatic carbocycles. The van der Waals surface area contributed by atoms with Gasteiger partial charge in [-0.2, -0.15) is 21.4 Å². The predicted octanol–water partition coefficient (Wildman–Crippen LogP) is 2.92. The van der Waals surface area contributed by atoms with Crippen LogP contribution in [0.25, 0.3) is 11.3 Å². The highest BCUT2D eigenvalue weighted by molar-refractivity contribution is 7.08. The Morgan fingerprint density at radius 2 is 2.32 bits per heavy atom. The number of rotatable bonds is 4. The largest absolute Gasteiger partial charge is 0.337 e. The van der Waals surface area contributed by atoms with Gasteiger partial charge in [0.05, 0.1) is 5.69 Å². The third kappa shape index (κ3) is 2.19. The SMILES string of the molecule is c1cc(-c2ccn(Cc3nc(C4CC4)no3)n2)cs1. The molecule has 0 spiro atoms. The summed E-state index contributed by atoms with van der Waals surface area (Å²) < 4.78 is 7.08. The number of hydrogen-bond donors (Lipinski definition) is 0. The van der Waals surface area contributed by atoms with Crippen molar-refractivity contribution in [3.8, 4) is 11.3 Å². The Morgan fingerprint density at radius 3 is 3.11 bits per heavy atom. The van der Waals surface area contributed by atoms with Crippen molar-refractivity contribution in [3.05, 3.63) is 40.8 Å². The highest BCUT2D eigenvalue weighted by Crippen LogP contribution is 2.38. The molecule has 1 fully saturated rings. The third-order valence-corrected chi connectivity index (χ3v) is 3.86. The minimum atomic E-state index is 0.525. The van der Waals surface area contributed by atoms with E-state index in [1.54, 1.807) is 11.3 Å². The normalized spacial score (nSPS) is 14.9. The van der Waals surface area contributed by atoms with Crippen LogP contribution in [-0.2, 0) is 6.54 Å². The lowest BCUT2D eigenvalue weighted by atomic mass is 10.2. The van der Waals surface area contributed by atoms with Crippen LogP contribution in [0.4, 0.5) is 0 Å². The van der Waals surface area contributed by atoms with Gasteiger partial charge in [-0.05, 0) is 30.4 Å². The highest BCUT2D eigenvalue weighted by atomic mass is 32.1. The van der Waals surface area contributed by atoms with Gasteiger partial charge in [0, 0.05) is 23.1 Å². The molecule has 6 heteroatoms. The van der Waals surface area contributed by atoms with Crippen LogP contribution in [0, 0.1) is 0 Å². The van der Waals surface area contributed by atoms with E-state index in [4.69, 9.17) is 4.52 Å². The van der Waals surface area contributed by atoms with Crippen molar-refractivity contribution >= 4 is 11.3 Å². The van der Waals surface area contributed by atoms with Crippen LogP contribution in [0.15, 0.2) is 33.6 Å². The third-order valence-electron chi connectivity index (χ3n) is 3.18. The van der Waals surface area contributed by atoms with Crippen molar-refractivity contribution in [2.75, 3.05) is 0 Å². The van der Waals surface area contributed by atoms with Crippen molar-refractivity contribution in [1.82, 2.24) is 19.9 Å². The molecule has 1 aliphatic carbocycles. The van der Waals surface area contributed by atoms with E-state index in [9.17, 15) is 0 Å². The minimum absolute atomic E-state index is 0.525. The lowest BCUT2D eigenvalue weighted by Crippen LogP contribution is -2.00. The van der Waals surface area contributed by atoms with Gasteiger partial charge in [-0.1, -0.05) is 5.16 Å². The molecule has 0 N–H and O–H groups in total. The zero-order chi connectivity index (χ0) is 12.7. The summed E-state index contributed by atoms with van der Waals surface area (Å²) in [4.78, 5) is 4.40. The summed E-state index contributed by atoms with van der Waals surface area (Å²) in [5.41, 5.74) is 2.12. The van der Waals surface area contributed by atoms with Gasteiger partial charge < -0.3 is 4.52 Å². The fourth-order valence-corrected chi connectivity index (χ4v) is 2.64. The Morgan fingerprint density at radius 1 is 1.37 bits per heavy atom. The van der Waals surface area contributed by atoms with Crippen LogP contribution in [0.5, 0.6) is 0 Å². The fourth-order valence-electron chi connectivity index (χ4n) is 1.99. The molecule has 0 bridgehead atoms. The zero-order valence-corrected chi connectivity index (χ0v) is 11.0. The second kappa shape index (κ2) is 4.31. The van der Waals surface area contributed by atoms with Gasteiger partial charge in [0.15, 0.2) is 5.82 Å². The standard InChI is InChI=1S/C13H12N4OS/c1-2-9(1)13-14-12(18-16-13)7-17-5-3-11(15-17)10-4-6-19-8-10/h3-6,8-9H,1-2,7H2. The van der Waals surface area contributed by atoms with Gasteiger partial charge in [0.1, 0.15) is 6.54 Å². The summed E-state index contributed by atoms with van der Waals surface area (Å²) in [5, 5.41) is 12.7. The Hall–Kier alpha value is -1.95. The molecule has 0 atom stereocenters. The molecule has 96 valence electrons. The molecule has 3 heterocycles. The van der Waals surface area contributed by atoms with Gasteiger partial charge in [0.2, 0.25) is 5.89 Å². The maximum atomic E-state index is 5.25. The molecule has 0 aliphatic heterocycles. The van der Waals surface area contributed by atoms with Gasteiger partial charge in [0.25, 0.3) is 0 Å². The average Bonchev–Trinajstić information content (AvgIpc) is 2.90. The molecule has 3 aromatic rings. The second-order valence-corrected chi connectivity index (χ2v) is 5.51. The van der Waals surface area contributed by atoms with E-state index in [0.717, 1.165) is 17.1 Å². The first kappa shape index (κ1) is 10.9. The highest BCUT2D eigenvalue weighted by Gasteiger charge is 2.28. The molecule has 5 nitrogen and oxygen atoms in total. The van der Waals surface area contributed by atoms with E-state index in [1.807, 2.05) is 22.3 Å². The molecular formula is C13H12N4OS. The summed E-state index contributed by atoms with van der Waals surface area (Å²) >= 11 is 1.67. The lowest BCUT2D eigenvalue weighted by molar-refractivity contribution is 0.361. The molecule has 0 radical (unpaired) electrons. The summed E-state index contributed by atoms with van der Waals surface area (Å²) in [6.07, 6.45) is 4.31. The molecular weight excluding hydrogens is 260 g/mol. The number of nitrogens with zero attached hydrogens (tertiary/aromatic N) is 4. The number of hydrogen-bond acceptors (Lipinski definition) is 5. The van der Waals surface area contributed by atoms with Crippen molar-refractivity contribution in [3.63, 3.8) is 0 Å². The van der Waals surface area contributed by atoms with E-state index < -0.39 is 0 Å². The maximum absolute atomic E-state index is 5.25. The van der Waals surface area contributed by atoms with Crippen molar-refractivity contribution in [1.29, 1.82) is 0 Å². The van der Waals surface area contributed by atoms with E-state index in [0.29, 0.717) is 18.4 Å². The number of aromatic nitrogens is 4. The van der Waals surface area contributed by atoms with Crippen molar-refractivity contribution in [2.45, 2.75) is 25.3 Å². The van der Waals surface area contributed by atoms with Gasteiger partial charge in [-0.25, -0.2) is 0 Å². The Labute approximate surface area is 113 Å². The topological polar surface area (TPSA) is 56.7 Å². The first-order valence-electron chi connectivity index (χ1n) is 6.27. The first-order valence-corrected chi connectivity index (χ1v) is 7.21. The van der Waals surface area contributed by atoms with Gasteiger partial charge in [-0.15, -0.1) is 0 Å². The molecule has 3 aromatic heterocycles. The molecule has 0 saturated heterocycles. The van der Waals surface area contributed by atoms with Crippen LogP contribution in [-0.4, -0.2) is 19.9 Å². The van der Waals surface area contributed by atoms with Crippen LogP contribution in [0.3, 0.4) is 0 Å². The quantitative estimate of drug-likeness (QED) is 0.732. The molecule has 0 unspecified atom stereocenters.